The fourth-order valence-electron chi connectivity index (χ4n) is 1.53. The minimum absolute atomic E-state index is 0.291. The van der Waals surface area contributed by atoms with Crippen LogP contribution >= 0.6 is 15.9 Å². The van der Waals surface area contributed by atoms with E-state index >= 15 is 0 Å². The molecule has 0 bridgehead atoms. The number of halogens is 2. The van der Waals surface area contributed by atoms with Crippen LogP contribution in [0.4, 0.5) is 21.6 Å². The van der Waals surface area contributed by atoms with E-state index in [9.17, 15) is 4.39 Å². The van der Waals surface area contributed by atoms with Gasteiger partial charge < -0.3 is 10.6 Å². The van der Waals surface area contributed by atoms with Crippen molar-refractivity contribution in [2.45, 2.75) is 6.92 Å². The first kappa shape index (κ1) is 12.8. The van der Waals surface area contributed by atoms with Crippen LogP contribution < -0.4 is 10.6 Å². The monoisotopic (exact) mass is 309 g/mol. The third-order valence-corrected chi connectivity index (χ3v) is 2.97. The molecule has 2 rings (SSSR count). The van der Waals surface area contributed by atoms with Gasteiger partial charge in [0.1, 0.15) is 11.6 Å². The van der Waals surface area contributed by atoms with Gasteiger partial charge in [0.25, 0.3) is 0 Å². The first-order valence-corrected chi connectivity index (χ1v) is 6.40. The van der Waals surface area contributed by atoms with Crippen molar-refractivity contribution in [3.05, 3.63) is 46.8 Å². The van der Waals surface area contributed by atoms with Gasteiger partial charge in [-0.2, -0.15) is 0 Å². The number of pyridine rings is 1. The molecule has 5 heteroatoms. The molecule has 0 unspecified atom stereocenters. The lowest BCUT2D eigenvalue weighted by atomic mass is 10.3. The average molecular weight is 310 g/mol. The fourth-order valence-corrected chi connectivity index (χ4v) is 1.77. The van der Waals surface area contributed by atoms with Gasteiger partial charge in [-0.25, -0.2) is 9.37 Å². The van der Waals surface area contributed by atoms with E-state index in [4.69, 9.17) is 0 Å². The third-order valence-electron chi connectivity index (χ3n) is 2.33. The van der Waals surface area contributed by atoms with Crippen LogP contribution in [0.3, 0.4) is 0 Å². The predicted molar refractivity (Wildman–Crippen MR) is 75.8 cm³/mol. The molecule has 0 fully saturated rings. The minimum atomic E-state index is -0.291. The molecule has 2 N–H and O–H groups in total. The van der Waals surface area contributed by atoms with Crippen molar-refractivity contribution in [3.8, 4) is 0 Å². The van der Waals surface area contributed by atoms with Crippen LogP contribution in [0.2, 0.25) is 0 Å². The van der Waals surface area contributed by atoms with E-state index in [0.717, 1.165) is 18.1 Å². The zero-order valence-corrected chi connectivity index (χ0v) is 11.5. The number of nitrogens with zero attached hydrogens (tertiary/aromatic N) is 1. The summed E-state index contributed by atoms with van der Waals surface area (Å²) >= 11 is 3.12. The van der Waals surface area contributed by atoms with E-state index in [0.29, 0.717) is 10.2 Å². The molecule has 94 valence electrons. The second kappa shape index (κ2) is 5.82. The molecular formula is C13H13BrFN3. The van der Waals surface area contributed by atoms with Crippen molar-refractivity contribution in [1.82, 2.24) is 4.98 Å². The molecule has 2 aromatic rings. The molecule has 18 heavy (non-hydrogen) atoms. The molecule has 0 aliphatic rings. The van der Waals surface area contributed by atoms with E-state index < -0.39 is 0 Å². The maximum atomic E-state index is 13.4. The van der Waals surface area contributed by atoms with Crippen LogP contribution in [-0.4, -0.2) is 11.5 Å². The molecule has 0 radical (unpaired) electrons. The number of hydrogen-bond donors (Lipinski definition) is 2. The van der Waals surface area contributed by atoms with Crippen LogP contribution in [-0.2, 0) is 0 Å². The highest BCUT2D eigenvalue weighted by atomic mass is 79.9. The highest BCUT2D eigenvalue weighted by Crippen LogP contribution is 2.23. The molecule has 0 saturated carbocycles. The normalized spacial score (nSPS) is 10.2. The Balaban J connectivity index is 2.17. The summed E-state index contributed by atoms with van der Waals surface area (Å²) < 4.78 is 13.8. The Kier molecular flexibility index (Phi) is 4.15. The molecule has 0 aliphatic carbocycles. The predicted octanol–water partition coefficient (Wildman–Crippen LogP) is 4.16. The van der Waals surface area contributed by atoms with Crippen LogP contribution in [0.25, 0.3) is 0 Å². The van der Waals surface area contributed by atoms with Gasteiger partial charge >= 0.3 is 0 Å². The molecule has 0 saturated heterocycles. The standard InChI is InChI=1S/C13H13BrFN3/c1-2-16-13-8-10(5-6-17-13)18-9-3-4-11(14)12(15)7-9/h3-8H,2H2,1H3,(H2,16,17,18). The average Bonchev–Trinajstić information content (AvgIpc) is 2.35. The van der Waals surface area contributed by atoms with E-state index in [-0.39, 0.29) is 5.82 Å². The summed E-state index contributed by atoms with van der Waals surface area (Å²) in [5, 5.41) is 6.25. The van der Waals surface area contributed by atoms with Crippen molar-refractivity contribution in [1.29, 1.82) is 0 Å². The van der Waals surface area contributed by atoms with Crippen LogP contribution in [0.15, 0.2) is 41.0 Å². The van der Waals surface area contributed by atoms with Gasteiger partial charge in [-0.05, 0) is 47.1 Å². The van der Waals surface area contributed by atoms with Crippen molar-refractivity contribution in [2.24, 2.45) is 0 Å². The molecule has 3 nitrogen and oxygen atoms in total. The quantitative estimate of drug-likeness (QED) is 0.890. The molecular weight excluding hydrogens is 297 g/mol. The zero-order valence-electron chi connectivity index (χ0n) is 9.87. The van der Waals surface area contributed by atoms with Gasteiger partial charge in [0, 0.05) is 30.2 Å². The number of anilines is 3. The Morgan fingerprint density at radius 1 is 1.22 bits per heavy atom. The lowest BCUT2D eigenvalue weighted by Crippen LogP contribution is -2.00. The maximum Gasteiger partial charge on any atom is 0.139 e. The molecule has 1 aromatic heterocycles. The van der Waals surface area contributed by atoms with Crippen LogP contribution in [0, 0.1) is 5.82 Å². The smallest absolute Gasteiger partial charge is 0.139 e. The number of aromatic nitrogens is 1. The summed E-state index contributed by atoms with van der Waals surface area (Å²) in [6, 6.07) is 8.63. The van der Waals surface area contributed by atoms with Gasteiger partial charge in [0.05, 0.1) is 4.47 Å². The summed E-state index contributed by atoms with van der Waals surface area (Å²) in [6.07, 6.45) is 1.70. The molecule has 0 amide bonds. The summed E-state index contributed by atoms with van der Waals surface area (Å²) in [5.74, 6) is 0.501. The van der Waals surface area contributed by atoms with E-state index in [1.807, 2.05) is 19.1 Å². The first-order chi connectivity index (χ1) is 8.69. The zero-order chi connectivity index (χ0) is 13.0. The Hall–Kier alpha value is -1.62. The maximum absolute atomic E-state index is 13.4. The number of nitrogens with one attached hydrogen (secondary N) is 2. The van der Waals surface area contributed by atoms with Gasteiger partial charge in [-0.15, -0.1) is 0 Å². The van der Waals surface area contributed by atoms with Crippen molar-refractivity contribution >= 4 is 33.1 Å². The lowest BCUT2D eigenvalue weighted by molar-refractivity contribution is 0.622. The number of benzene rings is 1. The molecule has 1 aromatic carbocycles. The third kappa shape index (κ3) is 3.20. The number of rotatable bonds is 4. The second-order valence-corrected chi connectivity index (χ2v) is 4.57. The van der Waals surface area contributed by atoms with E-state index in [2.05, 4.69) is 31.5 Å². The van der Waals surface area contributed by atoms with Gasteiger partial charge in [-0.1, -0.05) is 0 Å². The highest BCUT2D eigenvalue weighted by molar-refractivity contribution is 9.10. The SMILES string of the molecule is CCNc1cc(Nc2ccc(Br)c(F)c2)ccn1. The van der Waals surface area contributed by atoms with Crippen molar-refractivity contribution < 1.29 is 4.39 Å². The highest BCUT2D eigenvalue weighted by Gasteiger charge is 2.01. The second-order valence-electron chi connectivity index (χ2n) is 3.71. The largest absolute Gasteiger partial charge is 0.370 e. The van der Waals surface area contributed by atoms with Gasteiger partial charge in [0.2, 0.25) is 0 Å². The molecule has 1 heterocycles. The first-order valence-electron chi connectivity index (χ1n) is 5.61. The summed E-state index contributed by atoms with van der Waals surface area (Å²) in [4.78, 5) is 4.17. The van der Waals surface area contributed by atoms with Crippen molar-refractivity contribution in [2.75, 3.05) is 17.2 Å². The van der Waals surface area contributed by atoms with E-state index in [1.165, 1.54) is 6.07 Å². The molecule has 0 aliphatic heterocycles. The van der Waals surface area contributed by atoms with Crippen LogP contribution in [0.1, 0.15) is 6.92 Å². The van der Waals surface area contributed by atoms with E-state index in [1.54, 1.807) is 18.3 Å². The number of hydrogen-bond acceptors (Lipinski definition) is 3. The Bertz CT molecular complexity index is 546. The Labute approximate surface area is 114 Å². The Morgan fingerprint density at radius 2 is 2.00 bits per heavy atom. The Morgan fingerprint density at radius 3 is 2.72 bits per heavy atom. The summed E-state index contributed by atoms with van der Waals surface area (Å²) in [6.45, 7) is 2.81. The van der Waals surface area contributed by atoms with Gasteiger partial charge in [0.15, 0.2) is 0 Å². The topological polar surface area (TPSA) is 37.0 Å². The molecule has 0 spiro atoms. The summed E-state index contributed by atoms with van der Waals surface area (Å²) in [5.41, 5.74) is 1.56. The van der Waals surface area contributed by atoms with Crippen molar-refractivity contribution in [3.63, 3.8) is 0 Å². The summed E-state index contributed by atoms with van der Waals surface area (Å²) in [7, 11) is 0. The molecule has 0 atom stereocenters. The minimum Gasteiger partial charge on any atom is -0.370 e. The fraction of sp³-hybridized carbons (Fsp3) is 0.154. The van der Waals surface area contributed by atoms with Gasteiger partial charge in [-0.3, -0.25) is 0 Å². The van der Waals surface area contributed by atoms with Crippen LogP contribution in [0.5, 0.6) is 0 Å². The lowest BCUT2D eigenvalue weighted by Gasteiger charge is -2.09.